The summed E-state index contributed by atoms with van der Waals surface area (Å²) < 4.78 is 1.22. The van der Waals surface area contributed by atoms with Crippen LogP contribution in [0.2, 0.25) is 0 Å². The first-order chi connectivity index (χ1) is 9.70. The molecule has 0 saturated heterocycles. The molecule has 0 saturated carbocycles. The number of rotatable bonds is 4. The third-order valence-electron chi connectivity index (χ3n) is 2.66. The maximum atomic E-state index is 11.8. The molecule has 0 atom stereocenters. The van der Waals surface area contributed by atoms with Crippen LogP contribution in [0.5, 0.6) is 0 Å². The molecule has 2 aromatic rings. The van der Waals surface area contributed by atoms with Gasteiger partial charge in [-0.25, -0.2) is 4.68 Å². The van der Waals surface area contributed by atoms with Crippen molar-refractivity contribution in [1.82, 2.24) is 9.78 Å². The highest BCUT2D eigenvalue weighted by atomic mass is 16.2. The van der Waals surface area contributed by atoms with Crippen LogP contribution in [0, 0.1) is 11.3 Å². The Kier molecular flexibility index (Phi) is 4.24. The molecule has 0 unspecified atom stereocenters. The highest BCUT2D eigenvalue weighted by Gasteiger charge is 2.07. The second kappa shape index (κ2) is 6.29. The van der Waals surface area contributed by atoms with Crippen molar-refractivity contribution in [3.63, 3.8) is 0 Å². The largest absolute Gasteiger partial charge is 0.325 e. The lowest BCUT2D eigenvalue weighted by Crippen LogP contribution is -2.24. The topological polar surface area (TPSA) is 87.8 Å². The number of nitrogens with zero attached hydrogens (tertiary/aromatic N) is 3. The Morgan fingerprint density at radius 1 is 1.30 bits per heavy atom. The predicted molar refractivity (Wildman–Crippen MR) is 72.9 cm³/mol. The van der Waals surface area contributed by atoms with Crippen LogP contribution in [0.3, 0.4) is 0 Å². The van der Waals surface area contributed by atoms with Crippen LogP contribution in [-0.4, -0.2) is 15.7 Å². The number of nitrogens with one attached hydrogen (secondary N) is 1. The lowest BCUT2D eigenvalue weighted by molar-refractivity contribution is -0.116. The van der Waals surface area contributed by atoms with Crippen molar-refractivity contribution in [2.24, 2.45) is 0 Å². The quantitative estimate of drug-likeness (QED) is 0.900. The number of hydrogen-bond donors (Lipinski definition) is 1. The summed E-state index contributed by atoms with van der Waals surface area (Å²) in [6.45, 7) is 0.195. The first-order valence-electron chi connectivity index (χ1n) is 6.02. The molecule has 6 nitrogen and oxygen atoms in total. The molecule has 0 radical (unpaired) electrons. The van der Waals surface area contributed by atoms with Gasteiger partial charge in [0.2, 0.25) is 5.91 Å². The molecule has 1 N–H and O–H groups in total. The van der Waals surface area contributed by atoms with Gasteiger partial charge in [0.15, 0.2) is 0 Å². The Balaban J connectivity index is 1.99. The molecular formula is C14H12N4O2. The Morgan fingerprint density at radius 2 is 2.10 bits per heavy atom. The summed E-state index contributed by atoms with van der Waals surface area (Å²) in [7, 11) is 0. The third kappa shape index (κ3) is 3.29. The fourth-order valence-corrected chi connectivity index (χ4v) is 1.66. The fourth-order valence-electron chi connectivity index (χ4n) is 1.66. The Morgan fingerprint density at radius 3 is 2.85 bits per heavy atom. The molecule has 0 aliphatic rings. The van der Waals surface area contributed by atoms with E-state index in [4.69, 9.17) is 5.26 Å². The molecule has 1 aromatic heterocycles. The van der Waals surface area contributed by atoms with Gasteiger partial charge in [-0.15, -0.1) is 0 Å². The second-order valence-electron chi connectivity index (χ2n) is 4.04. The summed E-state index contributed by atoms with van der Waals surface area (Å²) in [5.41, 5.74) is 0.613. The minimum atomic E-state index is -0.273. The number of aromatic nitrogens is 2. The molecule has 100 valence electrons. The first-order valence-corrected chi connectivity index (χ1v) is 6.02. The van der Waals surface area contributed by atoms with E-state index < -0.39 is 0 Å². The molecule has 6 heteroatoms. The van der Waals surface area contributed by atoms with E-state index in [0.29, 0.717) is 11.3 Å². The van der Waals surface area contributed by atoms with E-state index in [1.807, 2.05) is 6.07 Å². The van der Waals surface area contributed by atoms with Gasteiger partial charge < -0.3 is 5.32 Å². The van der Waals surface area contributed by atoms with Gasteiger partial charge in [0, 0.05) is 18.7 Å². The van der Waals surface area contributed by atoms with E-state index in [-0.39, 0.29) is 24.4 Å². The molecule has 0 aliphatic carbocycles. The van der Waals surface area contributed by atoms with Gasteiger partial charge in [-0.2, -0.15) is 10.4 Å². The van der Waals surface area contributed by atoms with Crippen LogP contribution in [-0.2, 0) is 11.3 Å². The molecule has 20 heavy (non-hydrogen) atoms. The molecule has 1 heterocycles. The van der Waals surface area contributed by atoms with Crippen molar-refractivity contribution >= 4 is 11.6 Å². The normalized spacial score (nSPS) is 9.75. The smallest absolute Gasteiger partial charge is 0.266 e. The first kappa shape index (κ1) is 13.5. The lowest BCUT2D eigenvalue weighted by atomic mass is 10.2. The number of carbonyl (C=O) groups excluding carboxylic acids is 1. The number of amides is 1. The van der Waals surface area contributed by atoms with Gasteiger partial charge in [0.25, 0.3) is 5.56 Å². The molecule has 0 spiro atoms. The Labute approximate surface area is 115 Å². The number of anilines is 1. The Hall–Kier alpha value is -2.94. The number of benzene rings is 1. The Bertz CT molecular complexity index is 715. The molecule has 1 aromatic carbocycles. The molecule has 0 fully saturated rings. The zero-order valence-corrected chi connectivity index (χ0v) is 10.6. The van der Waals surface area contributed by atoms with Crippen LogP contribution >= 0.6 is 0 Å². The zero-order valence-electron chi connectivity index (χ0n) is 10.6. The summed E-state index contributed by atoms with van der Waals surface area (Å²) in [5, 5.41) is 15.4. The molecular weight excluding hydrogens is 256 g/mol. The summed E-state index contributed by atoms with van der Waals surface area (Å²) in [4.78, 5) is 23.2. The predicted octanol–water partition coefficient (Wildman–Crippen LogP) is 1.14. The minimum Gasteiger partial charge on any atom is -0.325 e. The second-order valence-corrected chi connectivity index (χ2v) is 4.04. The van der Waals surface area contributed by atoms with Crippen LogP contribution in [0.15, 0.2) is 47.4 Å². The third-order valence-corrected chi connectivity index (χ3v) is 2.66. The number of carbonyl (C=O) groups is 1. The van der Waals surface area contributed by atoms with Crippen LogP contribution in [0.4, 0.5) is 5.69 Å². The van der Waals surface area contributed by atoms with Gasteiger partial charge in [-0.3, -0.25) is 9.59 Å². The van der Waals surface area contributed by atoms with Gasteiger partial charge >= 0.3 is 0 Å². The van der Waals surface area contributed by atoms with Crippen molar-refractivity contribution in [1.29, 1.82) is 5.26 Å². The number of para-hydroxylation sites is 1. The number of nitriles is 1. The van der Waals surface area contributed by atoms with Gasteiger partial charge in [0.1, 0.15) is 6.07 Å². The van der Waals surface area contributed by atoms with E-state index in [1.165, 1.54) is 16.9 Å². The summed E-state index contributed by atoms with van der Waals surface area (Å²) >= 11 is 0. The highest BCUT2D eigenvalue weighted by molar-refractivity contribution is 5.91. The van der Waals surface area contributed by atoms with Crippen LogP contribution < -0.4 is 10.9 Å². The summed E-state index contributed by atoms with van der Waals surface area (Å²) in [6, 6.07) is 11.7. The molecule has 1 amide bonds. The molecule has 0 aliphatic heterocycles. The molecule has 2 rings (SSSR count). The monoisotopic (exact) mass is 268 g/mol. The van der Waals surface area contributed by atoms with Crippen molar-refractivity contribution < 1.29 is 4.79 Å². The van der Waals surface area contributed by atoms with Crippen LogP contribution in [0.1, 0.15) is 12.0 Å². The number of hydrogen-bond acceptors (Lipinski definition) is 4. The zero-order chi connectivity index (χ0) is 14.4. The maximum Gasteiger partial charge on any atom is 0.266 e. The van der Waals surface area contributed by atoms with Crippen LogP contribution in [0.25, 0.3) is 0 Å². The average molecular weight is 268 g/mol. The maximum absolute atomic E-state index is 11.8. The average Bonchev–Trinajstić information content (AvgIpc) is 2.47. The van der Waals surface area contributed by atoms with E-state index in [1.54, 1.807) is 30.3 Å². The fraction of sp³-hybridized carbons (Fsp3) is 0.143. The van der Waals surface area contributed by atoms with Gasteiger partial charge in [-0.05, 0) is 18.2 Å². The van der Waals surface area contributed by atoms with Gasteiger partial charge in [0.05, 0.1) is 17.8 Å². The molecule has 0 bridgehead atoms. The number of aryl methyl sites for hydroxylation is 1. The van der Waals surface area contributed by atoms with E-state index in [9.17, 15) is 9.59 Å². The van der Waals surface area contributed by atoms with Crippen molar-refractivity contribution in [2.45, 2.75) is 13.0 Å². The summed E-state index contributed by atoms with van der Waals surface area (Å²) in [6.07, 6.45) is 1.60. The van der Waals surface area contributed by atoms with E-state index >= 15 is 0 Å². The van der Waals surface area contributed by atoms with Crippen molar-refractivity contribution in [3.05, 3.63) is 58.5 Å². The van der Waals surface area contributed by atoms with Crippen molar-refractivity contribution in [2.75, 3.05) is 5.32 Å². The van der Waals surface area contributed by atoms with E-state index in [2.05, 4.69) is 10.4 Å². The highest BCUT2D eigenvalue weighted by Crippen LogP contribution is 2.13. The minimum absolute atomic E-state index is 0.108. The van der Waals surface area contributed by atoms with Gasteiger partial charge in [-0.1, -0.05) is 12.1 Å². The van der Waals surface area contributed by atoms with Crippen molar-refractivity contribution in [3.8, 4) is 6.07 Å². The lowest BCUT2D eigenvalue weighted by Gasteiger charge is -2.07. The van der Waals surface area contributed by atoms with E-state index in [0.717, 1.165) is 0 Å². The SMILES string of the molecule is N#Cc1ccccc1NC(=O)CCn1ncccc1=O. The standard InChI is InChI=1S/C14H12N4O2/c15-10-11-4-1-2-5-12(11)17-13(19)7-9-18-14(20)6-3-8-16-18/h1-6,8H,7,9H2,(H,17,19). The summed E-state index contributed by atoms with van der Waals surface area (Å²) in [5.74, 6) is -0.273.